The van der Waals surface area contributed by atoms with Gasteiger partial charge in [0.05, 0.1) is 5.69 Å². The third-order valence-corrected chi connectivity index (χ3v) is 5.59. The van der Waals surface area contributed by atoms with E-state index in [4.69, 9.17) is 11.6 Å². The van der Waals surface area contributed by atoms with E-state index in [1.807, 2.05) is 38.1 Å². The van der Waals surface area contributed by atoms with Crippen LogP contribution in [0.2, 0.25) is 5.02 Å². The highest BCUT2D eigenvalue weighted by molar-refractivity contribution is 6.32. The number of halogens is 1. The van der Waals surface area contributed by atoms with Gasteiger partial charge in [-0.15, -0.1) is 0 Å². The molecule has 30 heavy (non-hydrogen) atoms. The summed E-state index contributed by atoms with van der Waals surface area (Å²) in [7, 11) is 0. The third kappa shape index (κ3) is 3.66. The molecule has 1 fully saturated rings. The van der Waals surface area contributed by atoms with E-state index in [2.05, 4.69) is 15.7 Å². The van der Waals surface area contributed by atoms with Gasteiger partial charge in [-0.1, -0.05) is 52.7 Å². The number of amides is 3. The lowest BCUT2D eigenvalue weighted by atomic mass is 10.1. The van der Waals surface area contributed by atoms with Crippen molar-refractivity contribution in [2.75, 3.05) is 11.4 Å². The monoisotopic (exact) mass is 425 g/mol. The summed E-state index contributed by atoms with van der Waals surface area (Å²) in [6.45, 7) is 4.02. The Morgan fingerprint density at radius 1 is 1.10 bits per heavy atom. The van der Waals surface area contributed by atoms with E-state index in [1.54, 1.807) is 18.2 Å². The summed E-state index contributed by atoms with van der Waals surface area (Å²) >= 11 is 6.15. The molecule has 9 heteroatoms. The van der Waals surface area contributed by atoms with Crippen molar-refractivity contribution in [2.45, 2.75) is 32.5 Å². The minimum atomic E-state index is -0.956. The topological polar surface area (TPSA) is 94.4 Å². The number of carbonyl (C=O) groups is 3. The molecule has 2 aromatic rings. The maximum absolute atomic E-state index is 13.0. The largest absolute Gasteiger partial charge is 0.350 e. The van der Waals surface area contributed by atoms with E-state index in [0.717, 1.165) is 21.6 Å². The molecule has 2 unspecified atom stereocenters. The molecular formula is C21H20ClN5O3. The molecule has 2 atom stereocenters. The van der Waals surface area contributed by atoms with Crippen LogP contribution in [0.3, 0.4) is 0 Å². The van der Waals surface area contributed by atoms with Crippen molar-refractivity contribution in [1.29, 1.82) is 0 Å². The van der Waals surface area contributed by atoms with E-state index < -0.39 is 23.9 Å². The summed E-state index contributed by atoms with van der Waals surface area (Å²) in [6, 6.07) is 10.9. The quantitative estimate of drug-likeness (QED) is 0.745. The molecule has 3 amide bonds. The van der Waals surface area contributed by atoms with Crippen molar-refractivity contribution in [2.24, 2.45) is 10.3 Å². The molecular weight excluding hydrogens is 406 g/mol. The Balaban J connectivity index is 1.43. The van der Waals surface area contributed by atoms with E-state index in [-0.39, 0.29) is 12.5 Å². The fourth-order valence-corrected chi connectivity index (χ4v) is 3.61. The van der Waals surface area contributed by atoms with Crippen LogP contribution in [0, 0.1) is 13.8 Å². The fraction of sp³-hybridized carbons (Fsp3) is 0.286. The van der Waals surface area contributed by atoms with Gasteiger partial charge in [-0.05, 0) is 37.1 Å². The molecule has 0 spiro atoms. The Labute approximate surface area is 178 Å². The minimum Gasteiger partial charge on any atom is -0.350 e. The lowest BCUT2D eigenvalue weighted by Gasteiger charge is -2.20. The second-order valence-corrected chi connectivity index (χ2v) is 7.81. The van der Waals surface area contributed by atoms with Crippen molar-refractivity contribution in [3.8, 4) is 0 Å². The number of nitrogens with one attached hydrogen (secondary N) is 1. The van der Waals surface area contributed by atoms with Crippen LogP contribution >= 0.6 is 11.6 Å². The van der Waals surface area contributed by atoms with Gasteiger partial charge in [0.1, 0.15) is 6.54 Å². The molecule has 2 aliphatic heterocycles. The van der Waals surface area contributed by atoms with Crippen molar-refractivity contribution in [3.05, 3.63) is 64.2 Å². The molecule has 1 saturated heterocycles. The standard InChI is InChI=1S/C21H20ClN5O3/c1-12-3-6-14(7-4-12)10-23-17(28)11-26-19-18(24-25-26)20(29)27(21(19)30)15-8-5-13(2)16(22)9-15/h3-9,18-19H,10-11H2,1-2H3,(H,23,28). The number of carbonyl (C=O) groups excluding carboxylic acids is 3. The van der Waals surface area contributed by atoms with Crippen LogP contribution < -0.4 is 10.2 Å². The molecule has 0 aliphatic carbocycles. The first-order valence-corrected chi connectivity index (χ1v) is 9.86. The van der Waals surface area contributed by atoms with Crippen LogP contribution in [-0.2, 0) is 20.9 Å². The Morgan fingerprint density at radius 2 is 1.83 bits per heavy atom. The van der Waals surface area contributed by atoms with Crippen molar-refractivity contribution in [3.63, 3.8) is 0 Å². The summed E-state index contributed by atoms with van der Waals surface area (Å²) in [5, 5.41) is 12.3. The van der Waals surface area contributed by atoms with Crippen molar-refractivity contribution in [1.82, 2.24) is 10.3 Å². The molecule has 8 nitrogen and oxygen atoms in total. The van der Waals surface area contributed by atoms with Crippen LogP contribution in [0.15, 0.2) is 52.8 Å². The molecule has 2 aliphatic rings. The molecule has 2 heterocycles. The molecule has 154 valence electrons. The van der Waals surface area contributed by atoms with Crippen LogP contribution in [-0.4, -0.2) is 41.4 Å². The van der Waals surface area contributed by atoms with Gasteiger partial charge in [0.25, 0.3) is 11.8 Å². The Morgan fingerprint density at radius 3 is 2.53 bits per heavy atom. The summed E-state index contributed by atoms with van der Waals surface area (Å²) in [5.41, 5.74) is 3.32. The number of rotatable bonds is 5. The average molecular weight is 426 g/mol. The fourth-order valence-electron chi connectivity index (χ4n) is 3.44. The lowest BCUT2D eigenvalue weighted by molar-refractivity contribution is -0.125. The Hall–Kier alpha value is -3.26. The van der Waals surface area contributed by atoms with Crippen LogP contribution in [0.25, 0.3) is 0 Å². The zero-order valence-electron chi connectivity index (χ0n) is 16.5. The average Bonchev–Trinajstić information content (AvgIpc) is 3.23. The number of benzene rings is 2. The number of fused-ring (bicyclic) bond motifs is 1. The SMILES string of the molecule is Cc1ccc(CNC(=O)CN2N=NC3C(=O)N(c4ccc(C)c(Cl)c4)C(=O)C32)cc1. The van der Waals surface area contributed by atoms with Crippen LogP contribution in [0.1, 0.15) is 16.7 Å². The molecule has 0 aromatic heterocycles. The maximum Gasteiger partial charge on any atom is 0.263 e. The molecule has 0 bridgehead atoms. The smallest absolute Gasteiger partial charge is 0.263 e. The molecule has 0 saturated carbocycles. The first-order valence-electron chi connectivity index (χ1n) is 9.49. The minimum absolute atomic E-state index is 0.169. The van der Waals surface area contributed by atoms with Gasteiger partial charge in [0, 0.05) is 11.6 Å². The number of hydrogen-bond donors (Lipinski definition) is 1. The van der Waals surface area contributed by atoms with Crippen LogP contribution in [0.4, 0.5) is 5.69 Å². The van der Waals surface area contributed by atoms with E-state index in [9.17, 15) is 14.4 Å². The number of nitrogens with zero attached hydrogens (tertiary/aromatic N) is 4. The molecule has 0 radical (unpaired) electrons. The normalized spacial score (nSPS) is 20.1. The number of hydrogen-bond acceptors (Lipinski definition) is 6. The second kappa shape index (κ2) is 7.87. The lowest BCUT2D eigenvalue weighted by Crippen LogP contribution is -2.44. The summed E-state index contributed by atoms with van der Waals surface area (Å²) in [4.78, 5) is 39.1. The predicted octanol–water partition coefficient (Wildman–Crippen LogP) is 2.57. The summed E-state index contributed by atoms with van der Waals surface area (Å²) < 4.78 is 0. The van der Waals surface area contributed by atoms with Gasteiger partial charge < -0.3 is 5.32 Å². The highest BCUT2D eigenvalue weighted by Crippen LogP contribution is 2.33. The van der Waals surface area contributed by atoms with Gasteiger partial charge in [-0.25, -0.2) is 4.90 Å². The van der Waals surface area contributed by atoms with Gasteiger partial charge in [0.2, 0.25) is 5.91 Å². The zero-order chi connectivity index (χ0) is 21.4. The number of anilines is 1. The Kier molecular flexibility index (Phi) is 5.26. The maximum atomic E-state index is 13.0. The molecule has 1 N–H and O–H groups in total. The number of imide groups is 1. The second-order valence-electron chi connectivity index (χ2n) is 7.40. The number of aryl methyl sites for hydroxylation is 2. The van der Waals surface area contributed by atoms with Crippen molar-refractivity contribution >= 4 is 35.0 Å². The van der Waals surface area contributed by atoms with Gasteiger partial charge in [-0.2, -0.15) is 5.11 Å². The molecule has 2 aromatic carbocycles. The van der Waals surface area contributed by atoms with Gasteiger partial charge in [-0.3, -0.25) is 19.4 Å². The van der Waals surface area contributed by atoms with Gasteiger partial charge in [0.15, 0.2) is 12.1 Å². The Bertz CT molecular complexity index is 1050. The van der Waals surface area contributed by atoms with Crippen LogP contribution in [0.5, 0.6) is 0 Å². The highest BCUT2D eigenvalue weighted by atomic mass is 35.5. The van der Waals surface area contributed by atoms with Crippen molar-refractivity contribution < 1.29 is 14.4 Å². The predicted molar refractivity (Wildman–Crippen MR) is 111 cm³/mol. The van der Waals surface area contributed by atoms with E-state index in [0.29, 0.717) is 17.3 Å². The highest BCUT2D eigenvalue weighted by Gasteiger charge is 2.55. The summed E-state index contributed by atoms with van der Waals surface area (Å²) in [6.07, 6.45) is 0. The third-order valence-electron chi connectivity index (χ3n) is 5.19. The summed E-state index contributed by atoms with van der Waals surface area (Å²) in [5.74, 6) is -1.26. The van der Waals surface area contributed by atoms with Gasteiger partial charge >= 0.3 is 0 Å². The first-order chi connectivity index (χ1) is 14.3. The molecule has 4 rings (SSSR count). The first kappa shape index (κ1) is 20.0. The van der Waals surface area contributed by atoms with E-state index >= 15 is 0 Å². The zero-order valence-corrected chi connectivity index (χ0v) is 17.3. The van der Waals surface area contributed by atoms with E-state index in [1.165, 1.54) is 5.01 Å².